The first-order valence-electron chi connectivity index (χ1n) is 11.1. The van der Waals surface area contributed by atoms with E-state index < -0.39 is 0 Å². The van der Waals surface area contributed by atoms with E-state index in [2.05, 4.69) is 41.0 Å². The van der Waals surface area contributed by atoms with Crippen molar-refractivity contribution < 1.29 is 30.3 Å². The van der Waals surface area contributed by atoms with E-state index in [-0.39, 0.29) is 38.2 Å². The fourth-order valence-corrected chi connectivity index (χ4v) is 5.42. The minimum Gasteiger partial charge on any atom is -0.505 e. The van der Waals surface area contributed by atoms with Gasteiger partial charge < -0.3 is 20.0 Å². The maximum Gasteiger partial charge on any atom is 0.0595 e. The fraction of sp³-hybridized carbons (Fsp3) is 0.625. The van der Waals surface area contributed by atoms with Crippen molar-refractivity contribution in [3.63, 3.8) is 0 Å². The van der Waals surface area contributed by atoms with Crippen LogP contribution in [0.25, 0.3) is 0 Å². The third-order valence-electron chi connectivity index (χ3n) is 6.97. The second kappa shape index (κ2) is 10.9. The molecule has 0 saturated heterocycles. The Morgan fingerprint density at radius 3 is 2.34 bits per heavy atom. The molecule has 29 heavy (non-hydrogen) atoms. The van der Waals surface area contributed by atoms with E-state index in [0.717, 1.165) is 31.4 Å². The molecule has 3 fully saturated rings. The van der Waals surface area contributed by atoms with E-state index in [9.17, 15) is 10.2 Å². The van der Waals surface area contributed by atoms with E-state index >= 15 is 0 Å². The fourth-order valence-electron chi connectivity index (χ4n) is 5.42. The summed E-state index contributed by atoms with van der Waals surface area (Å²) in [4.78, 5) is 4.48. The molecule has 4 atom stereocenters. The summed E-state index contributed by atoms with van der Waals surface area (Å²) >= 11 is 0. The van der Waals surface area contributed by atoms with Gasteiger partial charge in [0.15, 0.2) is 0 Å². The molecule has 4 nitrogen and oxygen atoms in total. The minimum absolute atomic E-state index is 0. The Hall–Kier alpha value is -0.871. The van der Waals surface area contributed by atoms with Crippen LogP contribution in [0.1, 0.15) is 64.2 Å². The van der Waals surface area contributed by atoms with Crippen LogP contribution in [0, 0.1) is 24.6 Å². The molecule has 3 saturated carbocycles. The van der Waals surface area contributed by atoms with Crippen molar-refractivity contribution in [2.24, 2.45) is 11.8 Å². The average Bonchev–Trinajstić information content (AvgIpc) is 3.45. The smallest absolute Gasteiger partial charge is 0.0595 e. The van der Waals surface area contributed by atoms with Gasteiger partial charge in [-0.05, 0) is 56.8 Å². The van der Waals surface area contributed by atoms with Crippen molar-refractivity contribution in [1.29, 1.82) is 0 Å². The maximum atomic E-state index is 9.77. The third kappa shape index (κ3) is 5.64. The number of hydrogen-bond donors (Lipinski definition) is 2. The van der Waals surface area contributed by atoms with Gasteiger partial charge in [0.05, 0.1) is 12.2 Å². The van der Waals surface area contributed by atoms with Crippen LogP contribution in [0.5, 0.6) is 0 Å². The number of rotatable bonds is 2. The second-order valence-electron chi connectivity index (χ2n) is 8.79. The summed E-state index contributed by atoms with van der Waals surface area (Å²) in [5.74, 6) is 0.810. The van der Waals surface area contributed by atoms with E-state index in [4.69, 9.17) is 0 Å². The number of anilines is 1. The number of aliphatic hydroxyl groups excluding tert-OH is 2. The summed E-state index contributed by atoms with van der Waals surface area (Å²) in [7, 11) is 0. The molecule has 163 valence electrons. The van der Waals surface area contributed by atoms with Gasteiger partial charge in [-0.25, -0.2) is 0 Å². The Labute approximate surface area is 189 Å². The number of hydrogen-bond acceptors (Lipinski definition) is 4. The molecule has 2 N–H and O–H groups in total. The Balaban J connectivity index is 0.000000167. The molecule has 1 heterocycles. The van der Waals surface area contributed by atoms with Crippen LogP contribution >= 0.6 is 0 Å². The number of nitrogens with zero attached hydrogens (tertiary/aromatic N) is 2. The number of aliphatic hydroxyl groups is 2. The van der Waals surface area contributed by atoms with Crippen LogP contribution in [0.4, 0.5) is 5.69 Å². The molecule has 5 rings (SSSR count). The first-order chi connectivity index (χ1) is 13.7. The summed E-state index contributed by atoms with van der Waals surface area (Å²) in [6.07, 6.45) is 15.8. The molecule has 4 aliphatic rings. The van der Waals surface area contributed by atoms with E-state index in [1.807, 2.05) is 18.2 Å². The van der Waals surface area contributed by atoms with Gasteiger partial charge >= 0.3 is 0 Å². The van der Waals surface area contributed by atoms with Crippen LogP contribution in [-0.4, -0.2) is 33.4 Å². The van der Waals surface area contributed by atoms with Gasteiger partial charge in [-0.15, -0.1) is 5.69 Å². The molecule has 3 aliphatic carbocycles. The zero-order valence-electron chi connectivity index (χ0n) is 17.1. The van der Waals surface area contributed by atoms with Gasteiger partial charge in [-0.1, -0.05) is 25.7 Å². The number of benzene rings is 1. The van der Waals surface area contributed by atoms with Crippen LogP contribution < -0.4 is 4.90 Å². The summed E-state index contributed by atoms with van der Waals surface area (Å²) in [6.45, 7) is 2.18. The van der Waals surface area contributed by atoms with Crippen molar-refractivity contribution in [2.45, 2.75) is 82.5 Å². The normalized spacial score (nSPS) is 31.7. The molecular weight excluding hydrogens is 540 g/mol. The van der Waals surface area contributed by atoms with E-state index in [1.165, 1.54) is 38.5 Å². The zero-order valence-corrected chi connectivity index (χ0v) is 19.5. The minimum atomic E-state index is -0.227. The Kier molecular flexibility index (Phi) is 8.61. The quantitative estimate of drug-likeness (QED) is 0.513. The Morgan fingerprint density at radius 2 is 1.59 bits per heavy atom. The van der Waals surface area contributed by atoms with E-state index in [0.29, 0.717) is 12.0 Å². The molecule has 4 unspecified atom stereocenters. The van der Waals surface area contributed by atoms with Crippen LogP contribution in [-0.2, 0) is 20.1 Å². The van der Waals surface area contributed by atoms with Crippen molar-refractivity contribution in [1.82, 2.24) is 4.90 Å². The average molecular weight is 575 g/mol. The molecule has 5 heteroatoms. The number of para-hydroxylation sites is 1. The zero-order chi connectivity index (χ0) is 19.3. The molecule has 1 aromatic rings. The second-order valence-corrected chi connectivity index (χ2v) is 8.79. The first kappa shape index (κ1) is 22.8. The third-order valence-corrected chi connectivity index (χ3v) is 6.97. The van der Waals surface area contributed by atoms with Crippen molar-refractivity contribution in [2.75, 3.05) is 4.90 Å². The molecule has 0 spiro atoms. The molecule has 1 aliphatic heterocycles. The van der Waals surface area contributed by atoms with Crippen molar-refractivity contribution in [3.05, 3.63) is 49.4 Å². The van der Waals surface area contributed by atoms with Gasteiger partial charge in [0, 0.05) is 32.1 Å². The summed E-state index contributed by atoms with van der Waals surface area (Å²) < 4.78 is 0. The first-order valence-corrected chi connectivity index (χ1v) is 11.1. The van der Waals surface area contributed by atoms with Crippen molar-refractivity contribution >= 4 is 5.69 Å². The molecule has 1 radical (unpaired) electrons. The van der Waals surface area contributed by atoms with Gasteiger partial charge in [0.1, 0.15) is 0 Å². The Morgan fingerprint density at radius 1 is 0.862 bits per heavy atom. The van der Waals surface area contributed by atoms with Gasteiger partial charge in [0.2, 0.25) is 0 Å². The van der Waals surface area contributed by atoms with Crippen LogP contribution in [0.2, 0.25) is 0 Å². The van der Waals surface area contributed by atoms with Gasteiger partial charge in [-0.3, -0.25) is 0 Å². The molecule has 0 amide bonds. The monoisotopic (exact) mass is 575 g/mol. The predicted octanol–water partition coefficient (Wildman–Crippen LogP) is 4.45. The molecule has 0 bridgehead atoms. The molecule has 0 aromatic heterocycles. The number of fused-ring (bicyclic) bond motifs is 1. The SMILES string of the molecule is OC1CCCCC2CCC(O)C12.[Ir].[c-]1ccccc1N1C=CN(C2CCCC2)[CH-]1. The van der Waals surface area contributed by atoms with Gasteiger partial charge in [0.25, 0.3) is 0 Å². The molecular formula is C24H34IrN2O2-2. The van der Waals surface area contributed by atoms with Crippen LogP contribution in [0.15, 0.2) is 36.7 Å². The molecule has 1 aromatic carbocycles. The van der Waals surface area contributed by atoms with Crippen LogP contribution in [0.3, 0.4) is 0 Å². The standard InChI is InChI=1S/C14H16N2.C10H18O2.Ir/c1-2-6-13(7-3-1)15-10-11-16(12-15)14-8-4-5-9-14;11-8-4-2-1-3-7-5-6-9(12)10(7)8;/h1-3,6,10-12,14H,4-5,8-9H2;7-12H,1-6H2;/q-2;;. The largest absolute Gasteiger partial charge is 0.505 e. The van der Waals surface area contributed by atoms with Crippen molar-refractivity contribution in [3.8, 4) is 0 Å². The predicted molar refractivity (Wildman–Crippen MR) is 112 cm³/mol. The van der Waals surface area contributed by atoms with Gasteiger partial charge in [-0.2, -0.15) is 37.0 Å². The maximum absolute atomic E-state index is 9.77. The summed E-state index contributed by atoms with van der Waals surface area (Å²) in [5.41, 5.74) is 1.11. The topological polar surface area (TPSA) is 46.9 Å². The Bertz CT molecular complexity index is 635. The summed E-state index contributed by atoms with van der Waals surface area (Å²) in [5, 5.41) is 19.4. The summed E-state index contributed by atoms with van der Waals surface area (Å²) in [6, 6.07) is 12.0. The van der Waals surface area contributed by atoms with E-state index in [1.54, 1.807) is 0 Å².